The third-order valence-electron chi connectivity index (χ3n) is 5.85. The molecule has 5 nitrogen and oxygen atoms in total. The van der Waals surface area contributed by atoms with E-state index < -0.39 is 0 Å². The molecule has 0 aliphatic carbocycles. The van der Waals surface area contributed by atoms with Crippen LogP contribution >= 0.6 is 11.8 Å². The molecule has 1 amide bonds. The number of thioether (sulfide) groups is 1. The first-order valence-electron chi connectivity index (χ1n) is 12.4. The van der Waals surface area contributed by atoms with Crippen LogP contribution in [-0.4, -0.2) is 36.2 Å². The van der Waals surface area contributed by atoms with Crippen LogP contribution < -0.4 is 9.47 Å². The molecule has 4 rings (SSSR count). The van der Waals surface area contributed by atoms with Crippen molar-refractivity contribution in [3.05, 3.63) is 94.9 Å². The Labute approximate surface area is 217 Å². The number of ether oxygens (including phenoxy) is 2. The lowest BCUT2D eigenvalue weighted by Crippen LogP contribution is -2.31. The van der Waals surface area contributed by atoms with Crippen LogP contribution in [0.1, 0.15) is 37.3 Å². The Balaban J connectivity index is 1.63. The van der Waals surface area contributed by atoms with E-state index in [1.54, 1.807) is 12.0 Å². The lowest BCUT2D eigenvalue weighted by molar-refractivity contribution is -0.122. The van der Waals surface area contributed by atoms with E-state index in [0.29, 0.717) is 34.7 Å². The number of para-hydroxylation sites is 2. The van der Waals surface area contributed by atoms with Gasteiger partial charge in [0.05, 0.1) is 24.3 Å². The lowest BCUT2D eigenvalue weighted by Gasteiger charge is -2.15. The van der Waals surface area contributed by atoms with Gasteiger partial charge in [-0.3, -0.25) is 9.69 Å². The number of hydrogen-bond acceptors (Lipinski definition) is 5. The molecule has 1 saturated heterocycles. The first-order valence-corrected chi connectivity index (χ1v) is 13.2. The fourth-order valence-corrected chi connectivity index (χ4v) is 4.93. The van der Waals surface area contributed by atoms with Crippen LogP contribution in [0.4, 0.5) is 5.69 Å². The monoisotopic (exact) mass is 500 g/mol. The number of hydrogen-bond donors (Lipinski definition) is 0. The molecule has 3 aromatic rings. The Morgan fingerprint density at radius 2 is 1.69 bits per heavy atom. The molecule has 0 saturated carbocycles. The normalized spacial score (nSPS) is 15.6. The summed E-state index contributed by atoms with van der Waals surface area (Å²) in [5, 5.41) is 0.682. The van der Waals surface area contributed by atoms with Crippen molar-refractivity contribution in [1.29, 1.82) is 0 Å². The quantitative estimate of drug-likeness (QED) is 0.208. The Kier molecular flexibility index (Phi) is 9.22. The molecule has 3 aromatic carbocycles. The number of benzene rings is 3. The van der Waals surface area contributed by atoms with Crippen molar-refractivity contribution in [2.75, 3.05) is 20.3 Å². The zero-order valence-corrected chi connectivity index (χ0v) is 21.7. The minimum absolute atomic E-state index is 0.0506. The van der Waals surface area contributed by atoms with Crippen molar-refractivity contribution in [3.8, 4) is 11.5 Å². The first-order chi connectivity index (χ1) is 17.7. The number of carbonyl (C=O) groups excluding carboxylic acids is 1. The van der Waals surface area contributed by atoms with Gasteiger partial charge in [-0.2, -0.15) is 0 Å². The van der Waals surface area contributed by atoms with Crippen LogP contribution in [-0.2, 0) is 11.2 Å². The molecule has 0 bridgehead atoms. The number of rotatable bonds is 11. The molecule has 1 aliphatic heterocycles. The van der Waals surface area contributed by atoms with Crippen LogP contribution in [0.15, 0.2) is 88.8 Å². The largest absolute Gasteiger partial charge is 0.493 e. The van der Waals surface area contributed by atoms with E-state index in [1.807, 2.05) is 72.8 Å². The van der Waals surface area contributed by atoms with Gasteiger partial charge in [0.2, 0.25) is 0 Å². The van der Waals surface area contributed by atoms with E-state index >= 15 is 0 Å². The highest BCUT2D eigenvalue weighted by Gasteiger charge is 2.33. The van der Waals surface area contributed by atoms with Gasteiger partial charge in [0.1, 0.15) is 0 Å². The summed E-state index contributed by atoms with van der Waals surface area (Å²) >= 11 is 1.40. The summed E-state index contributed by atoms with van der Waals surface area (Å²) in [7, 11) is 1.64. The smallest absolute Gasteiger partial charge is 0.266 e. The SMILES string of the molecule is CCCCCOc1c(/C=C2/SC(=Nc3ccccc3)N(CCc3ccccc3)C2=O)cccc1OC. The fraction of sp³-hybridized carbons (Fsp3) is 0.267. The molecular formula is C30H32N2O3S. The van der Waals surface area contributed by atoms with E-state index in [2.05, 4.69) is 19.1 Å². The molecule has 0 atom stereocenters. The van der Waals surface area contributed by atoms with E-state index in [4.69, 9.17) is 14.5 Å². The molecule has 0 N–H and O–H groups in total. The summed E-state index contributed by atoms with van der Waals surface area (Å²) < 4.78 is 11.7. The molecule has 0 unspecified atom stereocenters. The number of methoxy groups -OCH3 is 1. The summed E-state index contributed by atoms with van der Waals surface area (Å²) in [6, 6.07) is 25.7. The minimum Gasteiger partial charge on any atom is -0.493 e. The molecule has 0 radical (unpaired) electrons. The van der Waals surface area contributed by atoms with Crippen LogP contribution in [0.25, 0.3) is 6.08 Å². The van der Waals surface area contributed by atoms with Crippen molar-refractivity contribution in [1.82, 2.24) is 4.90 Å². The standard InChI is InChI=1S/C30H32N2O3S/c1-3-4-11-21-35-28-24(15-12-18-26(28)34-2)22-27-29(33)32(20-19-23-13-7-5-8-14-23)30(36-27)31-25-16-9-6-10-17-25/h5-10,12-18,22H,3-4,11,19-21H2,1-2H3/b27-22+,31-30?. The van der Waals surface area contributed by atoms with Gasteiger partial charge >= 0.3 is 0 Å². The van der Waals surface area contributed by atoms with Crippen molar-refractivity contribution in [3.63, 3.8) is 0 Å². The minimum atomic E-state index is -0.0506. The highest BCUT2D eigenvalue weighted by molar-refractivity contribution is 8.18. The second-order valence-corrected chi connectivity index (χ2v) is 9.48. The summed E-state index contributed by atoms with van der Waals surface area (Å²) in [5.74, 6) is 1.28. The molecule has 186 valence electrons. The number of nitrogens with zero attached hydrogens (tertiary/aromatic N) is 2. The molecule has 1 heterocycles. The Bertz CT molecular complexity index is 1210. The van der Waals surface area contributed by atoms with Gasteiger partial charge in [0.25, 0.3) is 5.91 Å². The molecule has 6 heteroatoms. The second kappa shape index (κ2) is 13.0. The number of aliphatic imine (C=N–C) groups is 1. The zero-order chi connectivity index (χ0) is 25.2. The average molecular weight is 501 g/mol. The molecule has 1 fully saturated rings. The van der Waals surface area contributed by atoms with Crippen LogP contribution in [0.5, 0.6) is 11.5 Å². The lowest BCUT2D eigenvalue weighted by atomic mass is 10.1. The van der Waals surface area contributed by atoms with Crippen LogP contribution in [0.2, 0.25) is 0 Å². The third kappa shape index (κ3) is 6.58. The van der Waals surface area contributed by atoms with Crippen LogP contribution in [0, 0.1) is 0 Å². The zero-order valence-electron chi connectivity index (χ0n) is 20.9. The average Bonchev–Trinajstić information content (AvgIpc) is 3.20. The molecule has 0 spiro atoms. The van der Waals surface area contributed by atoms with Crippen molar-refractivity contribution < 1.29 is 14.3 Å². The Morgan fingerprint density at radius 1 is 0.944 bits per heavy atom. The van der Waals surface area contributed by atoms with E-state index in [0.717, 1.165) is 36.9 Å². The number of carbonyl (C=O) groups is 1. The third-order valence-corrected chi connectivity index (χ3v) is 6.85. The maximum atomic E-state index is 13.6. The van der Waals surface area contributed by atoms with Gasteiger partial charge in [-0.15, -0.1) is 0 Å². The predicted octanol–water partition coefficient (Wildman–Crippen LogP) is 7.11. The summed E-state index contributed by atoms with van der Waals surface area (Å²) in [6.07, 6.45) is 5.85. The molecule has 1 aliphatic rings. The van der Waals surface area contributed by atoms with Gasteiger partial charge in [-0.1, -0.05) is 80.4 Å². The van der Waals surface area contributed by atoms with E-state index in [-0.39, 0.29) is 5.91 Å². The summed E-state index contributed by atoms with van der Waals surface area (Å²) in [4.78, 5) is 20.8. The molecule has 0 aromatic heterocycles. The Morgan fingerprint density at radius 3 is 2.42 bits per heavy atom. The predicted molar refractivity (Wildman–Crippen MR) is 149 cm³/mol. The van der Waals surface area contributed by atoms with Crippen molar-refractivity contribution in [2.24, 2.45) is 4.99 Å². The number of amidine groups is 1. The van der Waals surface area contributed by atoms with E-state index in [9.17, 15) is 4.79 Å². The van der Waals surface area contributed by atoms with Gasteiger partial charge < -0.3 is 9.47 Å². The summed E-state index contributed by atoms with van der Waals surface area (Å²) in [5.41, 5.74) is 2.83. The van der Waals surface area contributed by atoms with Crippen LogP contribution in [0.3, 0.4) is 0 Å². The van der Waals surface area contributed by atoms with Gasteiger partial charge in [0.15, 0.2) is 16.7 Å². The van der Waals surface area contributed by atoms with Crippen molar-refractivity contribution in [2.45, 2.75) is 32.6 Å². The second-order valence-electron chi connectivity index (χ2n) is 8.47. The highest BCUT2D eigenvalue weighted by atomic mass is 32.2. The van der Waals surface area contributed by atoms with Gasteiger partial charge in [0, 0.05) is 12.1 Å². The number of amides is 1. The summed E-state index contributed by atoms with van der Waals surface area (Å²) in [6.45, 7) is 3.33. The molecular weight excluding hydrogens is 468 g/mol. The van der Waals surface area contributed by atoms with E-state index in [1.165, 1.54) is 17.3 Å². The Hall–Kier alpha value is -3.51. The fourth-order valence-electron chi connectivity index (χ4n) is 3.92. The van der Waals surface area contributed by atoms with Gasteiger partial charge in [-0.05, 0) is 54.4 Å². The van der Waals surface area contributed by atoms with Gasteiger partial charge in [-0.25, -0.2) is 4.99 Å². The molecule has 36 heavy (non-hydrogen) atoms. The highest BCUT2D eigenvalue weighted by Crippen LogP contribution is 2.38. The maximum Gasteiger partial charge on any atom is 0.266 e. The van der Waals surface area contributed by atoms with Crippen molar-refractivity contribution >= 4 is 34.6 Å². The first kappa shape index (κ1) is 25.6. The topological polar surface area (TPSA) is 51.1 Å². The maximum absolute atomic E-state index is 13.6. The number of unbranched alkanes of at least 4 members (excludes halogenated alkanes) is 2.